The molecule has 0 aliphatic carbocycles. The van der Waals surface area contributed by atoms with Gasteiger partial charge in [-0.25, -0.2) is 4.79 Å². The Morgan fingerprint density at radius 1 is 1.00 bits per heavy atom. The van der Waals surface area contributed by atoms with E-state index in [1.807, 2.05) is 30.3 Å². The number of carbonyl (C=O) groups excluding carboxylic acids is 3. The molecular weight excluding hydrogens is 390 g/mol. The van der Waals surface area contributed by atoms with Gasteiger partial charge in [-0.15, -0.1) is 0 Å². The molecule has 4 rings (SSSR count). The van der Waals surface area contributed by atoms with Crippen molar-refractivity contribution in [3.63, 3.8) is 0 Å². The summed E-state index contributed by atoms with van der Waals surface area (Å²) >= 11 is 0.831. The Labute approximate surface area is 170 Å². The van der Waals surface area contributed by atoms with Crippen molar-refractivity contribution < 1.29 is 23.9 Å². The summed E-state index contributed by atoms with van der Waals surface area (Å²) < 4.78 is 10.9. The van der Waals surface area contributed by atoms with Gasteiger partial charge in [-0.05, 0) is 52.4 Å². The molecule has 2 amide bonds. The first-order valence-electron chi connectivity index (χ1n) is 8.68. The van der Waals surface area contributed by atoms with Crippen LogP contribution in [0.4, 0.5) is 4.79 Å². The number of hydrogen-bond donors (Lipinski definition) is 1. The third-order valence-corrected chi connectivity index (χ3v) is 5.15. The maximum atomic E-state index is 12.8. The fraction of sp³-hybridized carbons (Fsp3) is 0.0455. The first-order valence-corrected chi connectivity index (χ1v) is 9.49. The zero-order valence-corrected chi connectivity index (χ0v) is 16.1. The van der Waals surface area contributed by atoms with Gasteiger partial charge in [0.05, 0.1) is 17.6 Å². The minimum atomic E-state index is -0.498. The average Bonchev–Trinajstić information content (AvgIpc) is 3.05. The van der Waals surface area contributed by atoms with Gasteiger partial charge in [0.15, 0.2) is 11.5 Å². The van der Waals surface area contributed by atoms with Gasteiger partial charge < -0.3 is 9.47 Å². The summed E-state index contributed by atoms with van der Waals surface area (Å²) in [5, 5.41) is 3.54. The molecule has 0 atom stereocenters. The number of fused-ring (bicyclic) bond motifs is 1. The third kappa shape index (κ3) is 3.86. The Morgan fingerprint density at radius 2 is 1.79 bits per heavy atom. The molecule has 0 aromatic heterocycles. The zero-order chi connectivity index (χ0) is 20.4. The maximum Gasteiger partial charge on any atom is 0.344 e. The molecule has 0 saturated carbocycles. The van der Waals surface area contributed by atoms with E-state index in [9.17, 15) is 14.4 Å². The monoisotopic (exact) mass is 405 g/mol. The SMILES string of the molecule is COc1cc(/C=C2\SC(=O)NC2=O)ccc1OC(=O)c1cccc2ccccc12. The number of carbonyl (C=O) groups is 3. The van der Waals surface area contributed by atoms with E-state index in [-0.39, 0.29) is 10.7 Å². The van der Waals surface area contributed by atoms with Crippen LogP contribution in [0.2, 0.25) is 0 Å². The van der Waals surface area contributed by atoms with Gasteiger partial charge in [0.1, 0.15) is 0 Å². The van der Waals surface area contributed by atoms with Gasteiger partial charge in [0.25, 0.3) is 11.1 Å². The number of ether oxygens (including phenoxy) is 2. The second-order valence-corrected chi connectivity index (χ2v) is 7.19. The molecule has 1 heterocycles. The number of methoxy groups -OCH3 is 1. The maximum absolute atomic E-state index is 12.8. The molecule has 1 saturated heterocycles. The predicted octanol–water partition coefficient (Wildman–Crippen LogP) is 4.39. The van der Waals surface area contributed by atoms with Crippen molar-refractivity contribution in [1.82, 2.24) is 5.32 Å². The summed E-state index contributed by atoms with van der Waals surface area (Å²) in [5.41, 5.74) is 1.09. The van der Waals surface area contributed by atoms with Gasteiger partial charge in [0.2, 0.25) is 0 Å². The Hall–Kier alpha value is -3.58. The van der Waals surface area contributed by atoms with Crippen LogP contribution in [0.3, 0.4) is 0 Å². The number of nitrogens with one attached hydrogen (secondary N) is 1. The molecular formula is C22H15NO5S. The van der Waals surface area contributed by atoms with Crippen LogP contribution in [0.5, 0.6) is 11.5 Å². The van der Waals surface area contributed by atoms with E-state index < -0.39 is 17.1 Å². The van der Waals surface area contributed by atoms with Crippen LogP contribution >= 0.6 is 11.8 Å². The molecule has 1 fully saturated rings. The molecule has 1 N–H and O–H groups in total. The molecule has 0 bridgehead atoms. The van der Waals surface area contributed by atoms with Gasteiger partial charge in [-0.2, -0.15) is 0 Å². The van der Waals surface area contributed by atoms with Gasteiger partial charge in [0, 0.05) is 0 Å². The van der Waals surface area contributed by atoms with E-state index in [0.29, 0.717) is 16.9 Å². The van der Waals surface area contributed by atoms with Crippen LogP contribution < -0.4 is 14.8 Å². The molecule has 1 aliphatic rings. The molecule has 3 aromatic rings. The molecule has 29 heavy (non-hydrogen) atoms. The first kappa shape index (κ1) is 18.8. The van der Waals surface area contributed by atoms with Crippen LogP contribution in [-0.2, 0) is 4.79 Å². The average molecular weight is 405 g/mol. The minimum absolute atomic E-state index is 0.257. The summed E-state index contributed by atoms with van der Waals surface area (Å²) in [6, 6.07) is 17.9. The summed E-state index contributed by atoms with van der Waals surface area (Å²) in [5.74, 6) is -0.345. The summed E-state index contributed by atoms with van der Waals surface area (Å²) in [4.78, 5) is 36.0. The Kier molecular flexibility index (Phi) is 5.05. The lowest BCUT2D eigenvalue weighted by molar-refractivity contribution is -0.115. The number of hydrogen-bond acceptors (Lipinski definition) is 6. The van der Waals surface area contributed by atoms with Crippen molar-refractivity contribution in [2.45, 2.75) is 0 Å². The second-order valence-electron chi connectivity index (χ2n) is 6.18. The van der Waals surface area contributed by atoms with Crippen molar-refractivity contribution in [2.75, 3.05) is 7.11 Å². The highest BCUT2D eigenvalue weighted by Gasteiger charge is 2.25. The largest absolute Gasteiger partial charge is 0.493 e. The summed E-state index contributed by atoms with van der Waals surface area (Å²) in [6.07, 6.45) is 1.57. The molecule has 6 nitrogen and oxygen atoms in total. The lowest BCUT2D eigenvalue weighted by Gasteiger charge is -2.11. The van der Waals surface area contributed by atoms with E-state index in [4.69, 9.17) is 9.47 Å². The standard InChI is InChI=1S/C22H15NO5S/c1-27-18-11-13(12-19-20(24)23-22(26)29-19)9-10-17(18)28-21(25)16-8-4-6-14-5-2-3-7-15(14)16/h2-12H,1H3,(H,23,24,26)/b19-12-. The van der Waals surface area contributed by atoms with Crippen LogP contribution in [0.25, 0.3) is 16.8 Å². The smallest absolute Gasteiger partial charge is 0.344 e. The normalized spacial score (nSPS) is 14.9. The summed E-state index contributed by atoms with van der Waals surface area (Å²) in [6.45, 7) is 0. The molecule has 0 unspecified atom stereocenters. The molecule has 0 spiro atoms. The number of esters is 1. The zero-order valence-electron chi connectivity index (χ0n) is 15.3. The number of benzene rings is 3. The summed E-state index contributed by atoms with van der Waals surface area (Å²) in [7, 11) is 1.46. The van der Waals surface area contributed by atoms with Crippen molar-refractivity contribution in [3.8, 4) is 11.5 Å². The topological polar surface area (TPSA) is 81.7 Å². The van der Waals surface area contributed by atoms with Gasteiger partial charge in [-0.1, -0.05) is 42.5 Å². The highest BCUT2D eigenvalue weighted by atomic mass is 32.2. The van der Waals surface area contributed by atoms with Crippen LogP contribution in [-0.4, -0.2) is 24.2 Å². The first-order chi connectivity index (χ1) is 14.0. The molecule has 3 aromatic carbocycles. The number of rotatable bonds is 4. The Bertz CT molecular complexity index is 1180. The van der Waals surface area contributed by atoms with Crippen LogP contribution in [0.1, 0.15) is 15.9 Å². The van der Waals surface area contributed by atoms with Crippen molar-refractivity contribution >= 4 is 45.7 Å². The Morgan fingerprint density at radius 3 is 2.55 bits per heavy atom. The number of thioether (sulfide) groups is 1. The van der Waals surface area contributed by atoms with Crippen LogP contribution in [0, 0.1) is 0 Å². The van der Waals surface area contributed by atoms with Crippen molar-refractivity contribution in [1.29, 1.82) is 0 Å². The quantitative estimate of drug-likeness (QED) is 0.394. The Balaban J connectivity index is 1.62. The van der Waals surface area contributed by atoms with E-state index in [1.54, 1.807) is 36.4 Å². The molecule has 144 valence electrons. The van der Waals surface area contributed by atoms with E-state index in [2.05, 4.69) is 5.32 Å². The third-order valence-electron chi connectivity index (χ3n) is 4.34. The second kappa shape index (κ2) is 7.81. The highest BCUT2D eigenvalue weighted by Crippen LogP contribution is 2.32. The fourth-order valence-corrected chi connectivity index (χ4v) is 3.67. The number of amides is 2. The molecule has 0 radical (unpaired) electrons. The van der Waals surface area contributed by atoms with Crippen molar-refractivity contribution in [3.05, 3.63) is 76.7 Å². The highest BCUT2D eigenvalue weighted by molar-refractivity contribution is 8.18. The van der Waals surface area contributed by atoms with Gasteiger partial charge >= 0.3 is 5.97 Å². The van der Waals surface area contributed by atoms with Gasteiger partial charge in [-0.3, -0.25) is 14.9 Å². The molecule has 7 heteroatoms. The number of imide groups is 1. The molecule has 1 aliphatic heterocycles. The fourth-order valence-electron chi connectivity index (χ4n) is 2.99. The lowest BCUT2D eigenvalue weighted by Crippen LogP contribution is -2.17. The van der Waals surface area contributed by atoms with Crippen molar-refractivity contribution in [2.24, 2.45) is 0 Å². The lowest BCUT2D eigenvalue weighted by atomic mass is 10.0. The van der Waals surface area contributed by atoms with E-state index in [0.717, 1.165) is 22.5 Å². The predicted molar refractivity (Wildman–Crippen MR) is 111 cm³/mol. The minimum Gasteiger partial charge on any atom is -0.493 e. The van der Waals surface area contributed by atoms with E-state index in [1.165, 1.54) is 7.11 Å². The van der Waals surface area contributed by atoms with Crippen LogP contribution in [0.15, 0.2) is 65.6 Å². The van der Waals surface area contributed by atoms with E-state index >= 15 is 0 Å².